The first-order valence-electron chi connectivity index (χ1n) is 5.03. The number of nitrogens with zero attached hydrogens (tertiary/aromatic N) is 2. The summed E-state index contributed by atoms with van der Waals surface area (Å²) in [5.74, 6) is -0.300. The Morgan fingerprint density at radius 3 is 2.59 bits per heavy atom. The SMILES string of the molecule is COC(=O)c1nn(C)cc1-c1ccc(O)cc1. The van der Waals surface area contributed by atoms with Crippen molar-refractivity contribution in [3.63, 3.8) is 0 Å². The van der Waals surface area contributed by atoms with Crippen LogP contribution in [-0.4, -0.2) is 28.0 Å². The monoisotopic (exact) mass is 232 g/mol. The van der Waals surface area contributed by atoms with Crippen LogP contribution in [0.15, 0.2) is 30.5 Å². The third-order valence-corrected chi connectivity index (χ3v) is 2.39. The first-order chi connectivity index (χ1) is 8.11. The van der Waals surface area contributed by atoms with E-state index in [2.05, 4.69) is 9.84 Å². The Morgan fingerprint density at radius 1 is 1.35 bits per heavy atom. The van der Waals surface area contributed by atoms with E-state index in [0.717, 1.165) is 5.56 Å². The van der Waals surface area contributed by atoms with Crippen molar-refractivity contribution in [2.75, 3.05) is 7.11 Å². The average Bonchev–Trinajstić information content (AvgIpc) is 2.71. The van der Waals surface area contributed by atoms with Crippen LogP contribution in [0.3, 0.4) is 0 Å². The lowest BCUT2D eigenvalue weighted by atomic mass is 10.1. The Morgan fingerprint density at radius 2 is 2.00 bits per heavy atom. The van der Waals surface area contributed by atoms with Crippen LogP contribution in [0.1, 0.15) is 10.5 Å². The van der Waals surface area contributed by atoms with E-state index in [4.69, 9.17) is 0 Å². The summed E-state index contributed by atoms with van der Waals surface area (Å²) in [6, 6.07) is 6.56. The second-order valence-electron chi connectivity index (χ2n) is 3.60. The molecule has 0 saturated carbocycles. The number of phenolic OH excluding ortho intramolecular Hbond substituents is 1. The van der Waals surface area contributed by atoms with Gasteiger partial charge in [0.05, 0.1) is 7.11 Å². The minimum Gasteiger partial charge on any atom is -0.508 e. The first-order valence-corrected chi connectivity index (χ1v) is 5.03. The number of carbonyl (C=O) groups excluding carboxylic acids is 1. The Hall–Kier alpha value is -2.30. The van der Waals surface area contributed by atoms with Gasteiger partial charge in [-0.15, -0.1) is 0 Å². The van der Waals surface area contributed by atoms with Crippen LogP contribution in [0.25, 0.3) is 11.1 Å². The predicted octanol–water partition coefficient (Wildman–Crippen LogP) is 1.58. The summed E-state index contributed by atoms with van der Waals surface area (Å²) in [6.45, 7) is 0. The van der Waals surface area contributed by atoms with Crippen molar-refractivity contribution in [3.8, 4) is 16.9 Å². The van der Waals surface area contributed by atoms with E-state index >= 15 is 0 Å². The molecule has 0 aliphatic carbocycles. The topological polar surface area (TPSA) is 64.3 Å². The number of carbonyl (C=O) groups is 1. The van der Waals surface area contributed by atoms with Crippen LogP contribution in [0, 0.1) is 0 Å². The summed E-state index contributed by atoms with van der Waals surface area (Å²) in [5, 5.41) is 13.3. The van der Waals surface area contributed by atoms with Gasteiger partial charge in [0.2, 0.25) is 0 Å². The van der Waals surface area contributed by atoms with Crippen molar-refractivity contribution < 1.29 is 14.6 Å². The maximum atomic E-state index is 11.5. The van der Waals surface area contributed by atoms with Crippen LogP contribution in [0.2, 0.25) is 0 Å². The highest BCUT2D eigenvalue weighted by Gasteiger charge is 2.17. The van der Waals surface area contributed by atoms with Crippen molar-refractivity contribution in [1.82, 2.24) is 9.78 Å². The zero-order chi connectivity index (χ0) is 12.4. The molecule has 1 aromatic carbocycles. The van der Waals surface area contributed by atoms with Crippen molar-refractivity contribution in [1.29, 1.82) is 0 Å². The van der Waals surface area contributed by atoms with Gasteiger partial charge in [-0.25, -0.2) is 4.79 Å². The molecule has 0 aliphatic heterocycles. The van der Waals surface area contributed by atoms with E-state index in [9.17, 15) is 9.90 Å². The molecule has 0 aliphatic rings. The van der Waals surface area contributed by atoms with Gasteiger partial charge in [-0.3, -0.25) is 4.68 Å². The molecule has 2 rings (SSSR count). The van der Waals surface area contributed by atoms with Gasteiger partial charge < -0.3 is 9.84 Å². The predicted molar refractivity (Wildman–Crippen MR) is 61.6 cm³/mol. The standard InChI is InChI=1S/C12H12N2O3/c1-14-7-10(11(13-14)12(16)17-2)8-3-5-9(15)6-4-8/h3-7,15H,1-2H3. The molecule has 0 amide bonds. The summed E-state index contributed by atoms with van der Waals surface area (Å²) >= 11 is 0. The molecule has 0 saturated heterocycles. The minimum absolute atomic E-state index is 0.178. The van der Waals surface area contributed by atoms with Gasteiger partial charge in [-0.05, 0) is 17.7 Å². The summed E-state index contributed by atoms with van der Waals surface area (Å²) in [6.07, 6.45) is 1.73. The Kier molecular flexibility index (Phi) is 2.82. The molecule has 17 heavy (non-hydrogen) atoms. The molecule has 5 heteroatoms. The lowest BCUT2D eigenvalue weighted by Gasteiger charge is -2.01. The molecular formula is C12H12N2O3. The number of esters is 1. The molecule has 1 heterocycles. The zero-order valence-corrected chi connectivity index (χ0v) is 9.54. The zero-order valence-electron chi connectivity index (χ0n) is 9.54. The van der Waals surface area contributed by atoms with Crippen LogP contribution in [0.4, 0.5) is 0 Å². The Balaban J connectivity index is 2.51. The van der Waals surface area contributed by atoms with Gasteiger partial charge in [-0.2, -0.15) is 5.10 Å². The number of hydrogen-bond acceptors (Lipinski definition) is 4. The lowest BCUT2D eigenvalue weighted by molar-refractivity contribution is 0.0594. The number of hydrogen-bond donors (Lipinski definition) is 1. The highest BCUT2D eigenvalue weighted by atomic mass is 16.5. The molecule has 2 aromatic rings. The molecule has 0 radical (unpaired) electrons. The molecule has 5 nitrogen and oxygen atoms in total. The van der Waals surface area contributed by atoms with E-state index in [1.807, 2.05) is 0 Å². The van der Waals surface area contributed by atoms with Gasteiger partial charge in [0.1, 0.15) is 5.75 Å². The molecule has 1 aromatic heterocycles. The number of ether oxygens (including phenoxy) is 1. The van der Waals surface area contributed by atoms with E-state index in [-0.39, 0.29) is 11.4 Å². The van der Waals surface area contributed by atoms with E-state index in [0.29, 0.717) is 5.56 Å². The minimum atomic E-state index is -0.478. The highest BCUT2D eigenvalue weighted by molar-refractivity contribution is 5.95. The molecule has 0 spiro atoms. The van der Waals surface area contributed by atoms with Crippen molar-refractivity contribution in [3.05, 3.63) is 36.2 Å². The number of methoxy groups -OCH3 is 1. The largest absolute Gasteiger partial charge is 0.508 e. The number of rotatable bonds is 2. The van der Waals surface area contributed by atoms with Gasteiger partial charge in [0.25, 0.3) is 0 Å². The normalized spacial score (nSPS) is 10.2. The maximum Gasteiger partial charge on any atom is 0.359 e. The number of aryl methyl sites for hydroxylation is 1. The first kappa shape index (κ1) is 11.2. The average molecular weight is 232 g/mol. The Labute approximate surface area is 98.3 Å². The van der Waals surface area contributed by atoms with Gasteiger partial charge in [-0.1, -0.05) is 12.1 Å². The molecule has 0 unspecified atom stereocenters. The third kappa shape index (κ3) is 2.13. The van der Waals surface area contributed by atoms with Crippen LogP contribution in [-0.2, 0) is 11.8 Å². The fraction of sp³-hybridized carbons (Fsp3) is 0.167. The molecule has 0 fully saturated rings. The molecular weight excluding hydrogens is 220 g/mol. The van der Waals surface area contributed by atoms with Gasteiger partial charge in [0.15, 0.2) is 5.69 Å². The molecule has 88 valence electrons. The smallest absolute Gasteiger partial charge is 0.359 e. The Bertz CT molecular complexity index is 543. The fourth-order valence-corrected chi connectivity index (χ4v) is 1.59. The highest BCUT2D eigenvalue weighted by Crippen LogP contribution is 2.25. The number of aromatic hydroxyl groups is 1. The van der Waals surface area contributed by atoms with Gasteiger partial charge in [0, 0.05) is 18.8 Å². The van der Waals surface area contributed by atoms with Crippen LogP contribution >= 0.6 is 0 Å². The van der Waals surface area contributed by atoms with E-state index in [1.54, 1.807) is 42.2 Å². The van der Waals surface area contributed by atoms with E-state index < -0.39 is 5.97 Å². The molecule has 1 N–H and O–H groups in total. The summed E-state index contributed by atoms with van der Waals surface area (Å²) in [7, 11) is 3.05. The van der Waals surface area contributed by atoms with E-state index in [1.165, 1.54) is 7.11 Å². The number of aromatic nitrogens is 2. The second-order valence-corrected chi connectivity index (χ2v) is 3.60. The van der Waals surface area contributed by atoms with Gasteiger partial charge >= 0.3 is 5.97 Å². The van der Waals surface area contributed by atoms with Crippen LogP contribution in [0.5, 0.6) is 5.75 Å². The molecule has 0 atom stereocenters. The summed E-state index contributed by atoms with van der Waals surface area (Å²) in [4.78, 5) is 11.5. The van der Waals surface area contributed by atoms with Crippen LogP contribution < -0.4 is 0 Å². The number of benzene rings is 1. The van der Waals surface area contributed by atoms with Crippen molar-refractivity contribution >= 4 is 5.97 Å². The summed E-state index contributed by atoms with van der Waals surface area (Å²) < 4.78 is 6.22. The summed E-state index contributed by atoms with van der Waals surface area (Å²) in [5.41, 5.74) is 1.75. The fourth-order valence-electron chi connectivity index (χ4n) is 1.59. The number of phenols is 1. The lowest BCUT2D eigenvalue weighted by Crippen LogP contribution is -2.04. The third-order valence-electron chi connectivity index (χ3n) is 2.39. The molecule has 0 bridgehead atoms. The quantitative estimate of drug-likeness (QED) is 0.798. The van der Waals surface area contributed by atoms with Crippen molar-refractivity contribution in [2.45, 2.75) is 0 Å². The maximum absolute atomic E-state index is 11.5. The second kappa shape index (κ2) is 4.29. The van der Waals surface area contributed by atoms with Crippen molar-refractivity contribution in [2.24, 2.45) is 7.05 Å².